The van der Waals surface area contributed by atoms with Crippen molar-refractivity contribution in [2.45, 2.75) is 33.1 Å². The minimum absolute atomic E-state index is 0.0429. The molecule has 1 aromatic carbocycles. The molecular formula is C16H23NO4. The maximum Gasteiger partial charge on any atom is 0.338 e. The Hall–Kier alpha value is -1.88. The van der Waals surface area contributed by atoms with Gasteiger partial charge in [-0.05, 0) is 31.5 Å². The lowest BCUT2D eigenvalue weighted by molar-refractivity contribution is -0.116. The van der Waals surface area contributed by atoms with Gasteiger partial charge in [0.25, 0.3) is 0 Å². The van der Waals surface area contributed by atoms with E-state index in [1.807, 2.05) is 13.8 Å². The highest BCUT2D eigenvalue weighted by Crippen LogP contribution is 2.12. The third kappa shape index (κ3) is 6.90. The quantitative estimate of drug-likeness (QED) is 0.561. The van der Waals surface area contributed by atoms with Crippen LogP contribution in [0.4, 0.5) is 5.69 Å². The molecule has 0 aromatic heterocycles. The maximum atomic E-state index is 11.8. The Bertz CT molecular complexity index is 459. The fourth-order valence-corrected chi connectivity index (χ4v) is 1.71. The van der Waals surface area contributed by atoms with E-state index in [1.165, 1.54) is 0 Å². The van der Waals surface area contributed by atoms with Crippen molar-refractivity contribution in [2.24, 2.45) is 0 Å². The van der Waals surface area contributed by atoms with E-state index in [0.29, 0.717) is 30.9 Å². The molecule has 116 valence electrons. The second-order valence-corrected chi connectivity index (χ2v) is 4.57. The first-order chi connectivity index (χ1) is 10.2. The monoisotopic (exact) mass is 293 g/mol. The van der Waals surface area contributed by atoms with Gasteiger partial charge in [0.05, 0.1) is 12.2 Å². The molecule has 0 spiro atoms. The van der Waals surface area contributed by atoms with E-state index >= 15 is 0 Å². The number of anilines is 1. The molecule has 0 aliphatic rings. The van der Waals surface area contributed by atoms with Crippen molar-refractivity contribution in [3.8, 4) is 0 Å². The van der Waals surface area contributed by atoms with E-state index in [2.05, 4.69) is 5.32 Å². The fourth-order valence-electron chi connectivity index (χ4n) is 1.71. The number of nitrogens with one attached hydrogen (secondary N) is 1. The van der Waals surface area contributed by atoms with Gasteiger partial charge in [-0.3, -0.25) is 4.79 Å². The first-order valence-electron chi connectivity index (χ1n) is 7.32. The van der Waals surface area contributed by atoms with E-state index in [4.69, 9.17) is 9.47 Å². The third-order valence-electron chi connectivity index (χ3n) is 2.80. The molecule has 0 saturated carbocycles. The normalized spacial score (nSPS) is 10.2. The fraction of sp³-hybridized carbons (Fsp3) is 0.500. The van der Waals surface area contributed by atoms with Crippen LogP contribution in [0.25, 0.3) is 0 Å². The number of hydrogen-bond donors (Lipinski definition) is 1. The molecule has 5 nitrogen and oxygen atoms in total. The maximum absolute atomic E-state index is 11.8. The molecule has 0 aliphatic heterocycles. The number of carbonyl (C=O) groups excluding carboxylic acids is 2. The van der Waals surface area contributed by atoms with E-state index < -0.39 is 5.97 Å². The Morgan fingerprint density at radius 2 is 2.00 bits per heavy atom. The van der Waals surface area contributed by atoms with Gasteiger partial charge >= 0.3 is 5.97 Å². The van der Waals surface area contributed by atoms with Crippen molar-refractivity contribution in [3.63, 3.8) is 0 Å². The number of hydrogen-bond acceptors (Lipinski definition) is 4. The van der Waals surface area contributed by atoms with E-state index in [1.54, 1.807) is 24.3 Å². The molecule has 0 unspecified atom stereocenters. The van der Waals surface area contributed by atoms with Gasteiger partial charge in [0.15, 0.2) is 0 Å². The summed E-state index contributed by atoms with van der Waals surface area (Å²) < 4.78 is 10.2. The molecule has 21 heavy (non-hydrogen) atoms. The summed E-state index contributed by atoms with van der Waals surface area (Å²) in [5.74, 6) is -0.460. The lowest BCUT2D eigenvalue weighted by atomic mass is 10.2. The number of benzene rings is 1. The molecular weight excluding hydrogens is 270 g/mol. The van der Waals surface area contributed by atoms with Crippen LogP contribution in [0.2, 0.25) is 0 Å². The van der Waals surface area contributed by atoms with Gasteiger partial charge < -0.3 is 14.8 Å². The van der Waals surface area contributed by atoms with Crippen molar-refractivity contribution in [3.05, 3.63) is 29.8 Å². The first-order valence-corrected chi connectivity index (χ1v) is 7.32. The summed E-state index contributed by atoms with van der Waals surface area (Å²) in [6.45, 7) is 5.12. The van der Waals surface area contributed by atoms with Crippen molar-refractivity contribution in [2.75, 3.05) is 25.1 Å². The van der Waals surface area contributed by atoms with E-state index in [9.17, 15) is 9.59 Å². The van der Waals surface area contributed by atoms with Gasteiger partial charge in [-0.1, -0.05) is 19.4 Å². The van der Waals surface area contributed by atoms with Crippen LogP contribution in [0.5, 0.6) is 0 Å². The lowest BCUT2D eigenvalue weighted by Gasteiger charge is -2.08. The molecule has 1 rings (SSSR count). The first kappa shape index (κ1) is 17.2. The summed E-state index contributed by atoms with van der Waals surface area (Å²) in [4.78, 5) is 23.5. The minimum atomic E-state index is -0.417. The SMILES string of the molecule is CCCCC(=O)Nc1cccc(C(=O)OCCOCC)c1. The number of ether oxygens (including phenoxy) is 2. The predicted octanol–water partition coefficient (Wildman–Crippen LogP) is 3.01. The average molecular weight is 293 g/mol. The summed E-state index contributed by atoms with van der Waals surface area (Å²) in [5, 5.41) is 2.78. The average Bonchev–Trinajstić information content (AvgIpc) is 2.49. The van der Waals surface area contributed by atoms with Crippen LogP contribution in [0.3, 0.4) is 0 Å². The number of unbranched alkanes of at least 4 members (excludes halogenated alkanes) is 1. The van der Waals surface area contributed by atoms with Crippen LogP contribution in [0, 0.1) is 0 Å². The molecule has 5 heteroatoms. The molecule has 0 atom stereocenters. The Kier molecular flexibility index (Phi) is 8.12. The van der Waals surface area contributed by atoms with Crippen LogP contribution in [-0.2, 0) is 14.3 Å². The zero-order chi connectivity index (χ0) is 15.5. The number of carbonyl (C=O) groups is 2. The summed E-state index contributed by atoms with van der Waals surface area (Å²) in [7, 11) is 0. The summed E-state index contributed by atoms with van der Waals surface area (Å²) in [6, 6.07) is 6.74. The predicted molar refractivity (Wildman–Crippen MR) is 81.4 cm³/mol. The summed E-state index contributed by atoms with van der Waals surface area (Å²) in [5.41, 5.74) is 1.02. The summed E-state index contributed by atoms with van der Waals surface area (Å²) >= 11 is 0. The Labute approximate surface area is 125 Å². The van der Waals surface area contributed by atoms with Crippen LogP contribution in [0.1, 0.15) is 43.5 Å². The van der Waals surface area contributed by atoms with Gasteiger partial charge in [-0.25, -0.2) is 4.79 Å². The second kappa shape index (κ2) is 9.94. The molecule has 0 heterocycles. The highest BCUT2D eigenvalue weighted by atomic mass is 16.6. The zero-order valence-electron chi connectivity index (χ0n) is 12.7. The smallest absolute Gasteiger partial charge is 0.338 e. The Balaban J connectivity index is 2.51. The second-order valence-electron chi connectivity index (χ2n) is 4.57. The topological polar surface area (TPSA) is 64.6 Å². The molecule has 1 aromatic rings. The zero-order valence-corrected chi connectivity index (χ0v) is 12.7. The van der Waals surface area contributed by atoms with Crippen LogP contribution in [0.15, 0.2) is 24.3 Å². The van der Waals surface area contributed by atoms with Gasteiger partial charge in [-0.15, -0.1) is 0 Å². The highest BCUT2D eigenvalue weighted by molar-refractivity contribution is 5.94. The number of amides is 1. The lowest BCUT2D eigenvalue weighted by Crippen LogP contribution is -2.13. The Morgan fingerprint density at radius 3 is 2.71 bits per heavy atom. The number of esters is 1. The van der Waals surface area contributed by atoms with Crippen molar-refractivity contribution in [1.82, 2.24) is 0 Å². The Morgan fingerprint density at radius 1 is 1.19 bits per heavy atom. The molecule has 0 aliphatic carbocycles. The van der Waals surface area contributed by atoms with E-state index in [-0.39, 0.29) is 12.5 Å². The van der Waals surface area contributed by atoms with Crippen molar-refractivity contribution in [1.29, 1.82) is 0 Å². The minimum Gasteiger partial charge on any atom is -0.460 e. The molecule has 1 amide bonds. The third-order valence-corrected chi connectivity index (χ3v) is 2.80. The highest BCUT2D eigenvalue weighted by Gasteiger charge is 2.09. The number of rotatable bonds is 9. The standard InChI is InChI=1S/C16H23NO4/c1-3-5-9-15(18)17-14-8-6-7-13(12-14)16(19)21-11-10-20-4-2/h6-8,12H,3-5,9-11H2,1-2H3,(H,17,18). The molecule has 0 fully saturated rings. The molecule has 0 saturated heterocycles. The van der Waals surface area contributed by atoms with Gasteiger partial charge in [0, 0.05) is 18.7 Å². The molecule has 0 bridgehead atoms. The van der Waals surface area contributed by atoms with Crippen LogP contribution in [-0.4, -0.2) is 31.7 Å². The molecule has 0 radical (unpaired) electrons. The van der Waals surface area contributed by atoms with Gasteiger partial charge in [-0.2, -0.15) is 0 Å². The van der Waals surface area contributed by atoms with Crippen LogP contribution < -0.4 is 5.32 Å². The van der Waals surface area contributed by atoms with Crippen molar-refractivity contribution < 1.29 is 19.1 Å². The van der Waals surface area contributed by atoms with E-state index in [0.717, 1.165) is 12.8 Å². The summed E-state index contributed by atoms with van der Waals surface area (Å²) in [6.07, 6.45) is 2.31. The van der Waals surface area contributed by atoms with Crippen LogP contribution >= 0.6 is 0 Å². The van der Waals surface area contributed by atoms with Crippen molar-refractivity contribution >= 4 is 17.6 Å². The van der Waals surface area contributed by atoms with Gasteiger partial charge in [0.1, 0.15) is 6.61 Å². The van der Waals surface area contributed by atoms with Gasteiger partial charge in [0.2, 0.25) is 5.91 Å². The molecule has 1 N–H and O–H groups in total. The largest absolute Gasteiger partial charge is 0.460 e.